The van der Waals surface area contributed by atoms with Gasteiger partial charge in [0, 0.05) is 19.8 Å². The number of aryl methyl sites for hydroxylation is 1. The summed E-state index contributed by atoms with van der Waals surface area (Å²) in [4.78, 5) is 62.3. The van der Waals surface area contributed by atoms with E-state index in [1.807, 2.05) is 0 Å². The van der Waals surface area contributed by atoms with Gasteiger partial charge in [-0.15, -0.1) is 0 Å². The van der Waals surface area contributed by atoms with E-state index in [0.29, 0.717) is 23.0 Å². The number of aromatic nitrogens is 4. The molecule has 1 saturated carbocycles. The molecule has 40 heavy (non-hydrogen) atoms. The van der Waals surface area contributed by atoms with Crippen LogP contribution in [0.5, 0.6) is 0 Å². The van der Waals surface area contributed by atoms with Crippen LogP contribution in [-0.4, -0.2) is 67.6 Å². The number of carbonyl (C=O) groups excluding carboxylic acids is 2. The van der Waals surface area contributed by atoms with Crippen LogP contribution < -0.4 is 16.2 Å². The van der Waals surface area contributed by atoms with Crippen molar-refractivity contribution in [2.75, 3.05) is 19.4 Å². The van der Waals surface area contributed by atoms with Gasteiger partial charge in [0.2, 0.25) is 11.8 Å². The summed E-state index contributed by atoms with van der Waals surface area (Å²) in [5, 5.41) is 13.9. The quantitative estimate of drug-likeness (QED) is 0.265. The van der Waals surface area contributed by atoms with Crippen LogP contribution in [0.25, 0.3) is 11.0 Å². The molecule has 0 bridgehead atoms. The van der Waals surface area contributed by atoms with E-state index in [9.17, 15) is 28.7 Å². The first-order valence-corrected chi connectivity index (χ1v) is 12.9. The second-order valence-corrected chi connectivity index (χ2v) is 10.1. The highest BCUT2D eigenvalue weighted by atomic mass is 19.1. The van der Waals surface area contributed by atoms with Gasteiger partial charge in [-0.2, -0.15) is 0 Å². The number of pyridine rings is 2. The molecular weight excluding hydrogens is 521 g/mol. The molecule has 3 aromatic heterocycles. The smallest absolute Gasteiger partial charge is 0.405 e. The number of fused-ring (bicyclic) bond motifs is 1. The zero-order valence-electron chi connectivity index (χ0n) is 22.5. The van der Waals surface area contributed by atoms with Gasteiger partial charge in [-0.3, -0.25) is 19.4 Å². The van der Waals surface area contributed by atoms with Gasteiger partial charge in [0.25, 0.3) is 5.56 Å². The van der Waals surface area contributed by atoms with Crippen molar-refractivity contribution in [3.63, 3.8) is 0 Å². The molecule has 4 rings (SSSR count). The number of imidazole rings is 1. The molecule has 3 aromatic rings. The third-order valence-electron chi connectivity index (χ3n) is 6.68. The predicted octanol–water partition coefficient (Wildman–Crippen LogP) is 2.57. The number of carboxylic acid groups (broad SMARTS) is 1. The van der Waals surface area contributed by atoms with Gasteiger partial charge in [0.05, 0.1) is 24.0 Å². The number of rotatable bonds is 11. The van der Waals surface area contributed by atoms with Gasteiger partial charge in [-0.05, 0) is 63.2 Å². The summed E-state index contributed by atoms with van der Waals surface area (Å²) in [6, 6.07) is 1.91. The topological polar surface area (TPSA) is 162 Å². The number of carbonyl (C=O) groups is 3. The number of anilines is 1. The lowest BCUT2D eigenvalue weighted by atomic mass is 10.1. The van der Waals surface area contributed by atoms with Gasteiger partial charge >= 0.3 is 6.09 Å². The van der Waals surface area contributed by atoms with Crippen LogP contribution in [0.3, 0.4) is 0 Å². The summed E-state index contributed by atoms with van der Waals surface area (Å²) >= 11 is 0. The maximum atomic E-state index is 14.5. The molecule has 13 heteroatoms. The van der Waals surface area contributed by atoms with Gasteiger partial charge in [-0.1, -0.05) is 6.08 Å². The molecule has 1 atom stereocenters. The van der Waals surface area contributed by atoms with Crippen molar-refractivity contribution in [1.82, 2.24) is 29.7 Å². The molecule has 4 N–H and O–H groups in total. The Hall–Kier alpha value is -4.55. The second-order valence-electron chi connectivity index (χ2n) is 10.1. The summed E-state index contributed by atoms with van der Waals surface area (Å²) < 4.78 is 15.8. The van der Waals surface area contributed by atoms with Crippen LogP contribution in [0, 0.1) is 18.7 Å². The first-order chi connectivity index (χ1) is 19.0. The Morgan fingerprint density at radius 3 is 2.73 bits per heavy atom. The summed E-state index contributed by atoms with van der Waals surface area (Å²) in [7, 11) is 3.19. The van der Waals surface area contributed by atoms with Crippen molar-refractivity contribution < 1.29 is 23.9 Å². The minimum atomic E-state index is -1.40. The summed E-state index contributed by atoms with van der Waals surface area (Å²) in [6.07, 6.45) is 5.92. The number of nitrogens with zero attached hydrogens (tertiary/aromatic N) is 4. The molecule has 3 heterocycles. The highest BCUT2D eigenvalue weighted by Crippen LogP contribution is 2.33. The van der Waals surface area contributed by atoms with Gasteiger partial charge in [0.1, 0.15) is 23.1 Å². The Balaban J connectivity index is 1.52. The van der Waals surface area contributed by atoms with Crippen LogP contribution in [-0.2, 0) is 22.6 Å². The fourth-order valence-electron chi connectivity index (χ4n) is 4.24. The predicted molar refractivity (Wildman–Crippen MR) is 145 cm³/mol. The lowest BCUT2D eigenvalue weighted by Crippen LogP contribution is -2.44. The molecule has 3 amide bonds. The van der Waals surface area contributed by atoms with Crippen LogP contribution in [0.15, 0.2) is 35.3 Å². The molecule has 212 valence electrons. The van der Waals surface area contributed by atoms with Crippen LogP contribution in [0.2, 0.25) is 0 Å². The SMILES string of the molecule is Cc1ccc(NC(=O)C(CC/C=C/C(=O)N(C)C)NC(=O)O)c(=O)n1Cc1nc2c(F)cnc(CC3CC3)c2[nH]1. The average Bonchev–Trinajstić information content (AvgIpc) is 3.61. The average molecular weight is 554 g/mol. The minimum Gasteiger partial charge on any atom is -0.465 e. The number of amides is 3. The zero-order chi connectivity index (χ0) is 29.0. The Labute approximate surface area is 229 Å². The normalized spacial score (nSPS) is 13.9. The molecule has 0 radical (unpaired) electrons. The lowest BCUT2D eigenvalue weighted by molar-refractivity contribution is -0.123. The summed E-state index contributed by atoms with van der Waals surface area (Å²) in [6.45, 7) is 1.71. The minimum absolute atomic E-state index is 0.00707. The Morgan fingerprint density at radius 2 is 2.05 bits per heavy atom. The molecule has 1 aliphatic carbocycles. The maximum Gasteiger partial charge on any atom is 0.405 e. The Bertz CT molecular complexity index is 1520. The molecular formula is C27H32FN7O5. The number of likely N-dealkylation sites (N-methyl/N-ethyl adjacent to an activating group) is 1. The van der Waals surface area contributed by atoms with Gasteiger partial charge in [0.15, 0.2) is 5.82 Å². The Morgan fingerprint density at radius 1 is 1.30 bits per heavy atom. The van der Waals surface area contributed by atoms with Crippen LogP contribution in [0.1, 0.15) is 42.9 Å². The number of aromatic amines is 1. The van der Waals surface area contributed by atoms with E-state index in [1.165, 1.54) is 21.6 Å². The number of hydrogen-bond donors (Lipinski definition) is 4. The molecule has 1 unspecified atom stereocenters. The van der Waals surface area contributed by atoms with Crippen LogP contribution in [0.4, 0.5) is 14.9 Å². The first-order valence-electron chi connectivity index (χ1n) is 12.9. The van der Waals surface area contributed by atoms with Crippen molar-refractivity contribution in [3.05, 3.63) is 63.9 Å². The van der Waals surface area contributed by atoms with E-state index in [4.69, 9.17) is 0 Å². The number of hydrogen-bond acceptors (Lipinski definition) is 6. The van der Waals surface area contributed by atoms with Gasteiger partial charge < -0.3 is 30.2 Å². The van der Waals surface area contributed by atoms with Crippen molar-refractivity contribution in [1.29, 1.82) is 0 Å². The lowest BCUT2D eigenvalue weighted by Gasteiger charge is -2.17. The molecule has 12 nitrogen and oxygen atoms in total. The van der Waals surface area contributed by atoms with E-state index in [1.54, 1.807) is 33.2 Å². The number of nitrogens with one attached hydrogen (secondary N) is 3. The monoisotopic (exact) mass is 553 g/mol. The van der Waals surface area contributed by atoms with Crippen molar-refractivity contribution in [2.24, 2.45) is 5.92 Å². The third kappa shape index (κ3) is 6.90. The molecule has 1 aliphatic rings. The Kier molecular flexibility index (Phi) is 8.61. The molecule has 0 saturated heterocycles. The number of H-pyrrole nitrogens is 1. The third-order valence-corrected chi connectivity index (χ3v) is 6.68. The standard InChI is InChI=1S/C27H32FN7O5/c1-15-8-11-19(30-25(37)18(31-27(39)40)6-4-5-7-22(36)34(2)3)26(38)35(15)14-21-32-23-17(28)13-29-20(24(23)33-21)12-16-9-10-16/h5,7-8,11,13,16,18,31H,4,6,9-10,12,14H2,1-3H3,(H,30,37)(H,32,33)(H,39,40)/b7-5+. The number of halogens is 1. The summed E-state index contributed by atoms with van der Waals surface area (Å²) in [5.41, 5.74) is 1.41. The highest BCUT2D eigenvalue weighted by Gasteiger charge is 2.25. The highest BCUT2D eigenvalue weighted by molar-refractivity contribution is 5.96. The van der Waals surface area contributed by atoms with E-state index < -0.39 is 29.4 Å². The van der Waals surface area contributed by atoms with Crippen molar-refractivity contribution in [3.8, 4) is 0 Å². The van der Waals surface area contributed by atoms with Crippen molar-refractivity contribution in [2.45, 2.75) is 51.6 Å². The number of allylic oxidation sites excluding steroid dienone is 1. The van der Waals surface area contributed by atoms with Crippen LogP contribution >= 0.6 is 0 Å². The second kappa shape index (κ2) is 12.1. The van der Waals surface area contributed by atoms with Gasteiger partial charge in [-0.25, -0.2) is 14.2 Å². The molecule has 1 fully saturated rings. The zero-order valence-corrected chi connectivity index (χ0v) is 22.5. The summed E-state index contributed by atoms with van der Waals surface area (Å²) in [5.74, 6) is -0.620. The first kappa shape index (κ1) is 28.5. The van der Waals surface area contributed by atoms with E-state index >= 15 is 0 Å². The molecule has 0 aromatic carbocycles. The van der Waals surface area contributed by atoms with E-state index in [2.05, 4.69) is 25.6 Å². The fraction of sp³-hybridized carbons (Fsp3) is 0.407. The fourth-order valence-corrected chi connectivity index (χ4v) is 4.24. The van der Waals surface area contributed by atoms with Crippen molar-refractivity contribution >= 4 is 34.6 Å². The molecule has 0 spiro atoms. The van der Waals surface area contributed by atoms with E-state index in [0.717, 1.165) is 31.2 Å². The molecule has 0 aliphatic heterocycles. The maximum absolute atomic E-state index is 14.5. The largest absolute Gasteiger partial charge is 0.465 e. The van der Waals surface area contributed by atoms with E-state index in [-0.39, 0.29) is 36.5 Å².